The third kappa shape index (κ3) is 11.8. The van der Waals surface area contributed by atoms with Crippen molar-refractivity contribution in [2.45, 2.75) is 25.3 Å². The van der Waals surface area contributed by atoms with Crippen LogP contribution in [0.3, 0.4) is 0 Å². The van der Waals surface area contributed by atoms with Crippen molar-refractivity contribution in [3.05, 3.63) is 0 Å². The molecule has 17 heavy (non-hydrogen) atoms. The first-order valence-electron chi connectivity index (χ1n) is 5.05. The summed E-state index contributed by atoms with van der Waals surface area (Å²) in [4.78, 5) is 11.3. The summed E-state index contributed by atoms with van der Waals surface area (Å²) in [5.74, 6) is -0.922. The maximum atomic E-state index is 11.3. The third-order valence-electron chi connectivity index (χ3n) is 1.97. The van der Waals surface area contributed by atoms with Crippen LogP contribution < -0.4 is 16.8 Å². The van der Waals surface area contributed by atoms with Crippen LogP contribution in [0, 0.1) is 0 Å². The fourth-order valence-electron chi connectivity index (χ4n) is 1.07. The number of carbonyl (C=O) groups excluding carboxylic acids is 1. The summed E-state index contributed by atoms with van der Waals surface area (Å²) in [6.45, 7) is 0.416. The second-order valence-electron chi connectivity index (χ2n) is 3.47. The van der Waals surface area contributed by atoms with E-state index in [0.29, 0.717) is 13.0 Å². The maximum absolute atomic E-state index is 11.3. The smallest absolute Gasteiger partial charge is 0.266 e. The van der Waals surface area contributed by atoms with Gasteiger partial charge in [-0.2, -0.15) is 8.42 Å². The first kappa shape index (κ1) is 18.9. The number of halogens is 1. The van der Waals surface area contributed by atoms with E-state index in [-0.39, 0.29) is 19.0 Å². The molecule has 0 spiro atoms. The average Bonchev–Trinajstić information content (AvgIpc) is 2.15. The van der Waals surface area contributed by atoms with E-state index in [1.54, 1.807) is 0 Å². The number of nitrogens with one attached hydrogen (secondary N) is 1. The van der Waals surface area contributed by atoms with Gasteiger partial charge in [-0.3, -0.25) is 9.35 Å². The fraction of sp³-hybridized carbons (Fsp3) is 0.875. The van der Waals surface area contributed by atoms with Gasteiger partial charge in [0.1, 0.15) is 0 Å². The van der Waals surface area contributed by atoms with E-state index in [1.807, 2.05) is 0 Å². The Bertz CT molecular complexity index is 310. The number of hydrogen-bond acceptors (Lipinski definition) is 5. The zero-order valence-corrected chi connectivity index (χ0v) is 11.1. The Labute approximate surface area is 107 Å². The summed E-state index contributed by atoms with van der Waals surface area (Å²) in [6.07, 6.45) is 2.06. The van der Waals surface area contributed by atoms with Gasteiger partial charge in [0.2, 0.25) is 5.91 Å². The lowest BCUT2D eigenvalue weighted by Gasteiger charge is -2.11. The molecule has 0 unspecified atom stereocenters. The van der Waals surface area contributed by atoms with E-state index < -0.39 is 27.8 Å². The number of unbranched alkanes of at least 4 members (excludes halogenated alkanes) is 1. The largest absolute Gasteiger partial charge is 0.354 e. The molecule has 6 N–H and O–H groups in total. The van der Waals surface area contributed by atoms with Gasteiger partial charge in [-0.05, 0) is 19.4 Å². The number of nitrogens with two attached hydrogens (primary N) is 2. The van der Waals surface area contributed by atoms with Crippen molar-refractivity contribution in [1.29, 1.82) is 0 Å². The van der Waals surface area contributed by atoms with Crippen molar-refractivity contribution in [2.75, 3.05) is 18.8 Å². The second kappa shape index (κ2) is 9.60. The van der Waals surface area contributed by atoms with Crippen LogP contribution in [0.25, 0.3) is 0 Å². The van der Waals surface area contributed by atoms with Crippen LogP contribution in [0.2, 0.25) is 0 Å². The van der Waals surface area contributed by atoms with Gasteiger partial charge in [-0.25, -0.2) is 0 Å². The van der Waals surface area contributed by atoms with Gasteiger partial charge in [0.15, 0.2) is 0 Å². The summed E-state index contributed by atoms with van der Waals surface area (Å²) in [6, 6.07) is -0.659. The molecular weight excluding hydrogens is 270 g/mol. The molecule has 0 aromatic carbocycles. The SMILES string of the molecule is Cl.NCCCC[C@H](N)C(=O)NCCS(=O)(=O)O. The Kier molecular flexibility index (Phi) is 10.7. The summed E-state index contributed by atoms with van der Waals surface area (Å²) in [5.41, 5.74) is 10.8. The number of amides is 1. The van der Waals surface area contributed by atoms with Crippen LogP contribution in [0.1, 0.15) is 19.3 Å². The van der Waals surface area contributed by atoms with Gasteiger partial charge in [0.05, 0.1) is 11.8 Å². The van der Waals surface area contributed by atoms with Gasteiger partial charge in [0, 0.05) is 6.54 Å². The molecule has 0 rings (SSSR count). The summed E-state index contributed by atoms with van der Waals surface area (Å²) in [5, 5.41) is 2.33. The Morgan fingerprint density at radius 3 is 2.41 bits per heavy atom. The maximum Gasteiger partial charge on any atom is 0.266 e. The average molecular weight is 290 g/mol. The van der Waals surface area contributed by atoms with Gasteiger partial charge in [-0.15, -0.1) is 12.4 Å². The standard InChI is InChI=1S/C8H19N3O4S.ClH/c9-4-2-1-3-7(10)8(12)11-5-6-16(13,14)15;/h7H,1-6,9-10H2,(H,11,12)(H,13,14,15);1H/t7-;/m0./s1. The third-order valence-corrected chi connectivity index (χ3v) is 2.69. The van der Waals surface area contributed by atoms with Crippen LogP contribution in [-0.2, 0) is 14.9 Å². The lowest BCUT2D eigenvalue weighted by molar-refractivity contribution is -0.122. The fourth-order valence-corrected chi connectivity index (χ4v) is 1.43. The molecule has 0 aliphatic heterocycles. The van der Waals surface area contributed by atoms with Crippen molar-refractivity contribution in [3.8, 4) is 0 Å². The van der Waals surface area contributed by atoms with Crippen LogP contribution >= 0.6 is 12.4 Å². The van der Waals surface area contributed by atoms with E-state index in [1.165, 1.54) is 0 Å². The van der Waals surface area contributed by atoms with E-state index in [2.05, 4.69) is 5.32 Å². The minimum absolute atomic E-state index is 0. The number of rotatable bonds is 8. The minimum atomic E-state index is -4.04. The highest BCUT2D eigenvalue weighted by Crippen LogP contribution is 1.97. The molecule has 0 aliphatic rings. The zero-order chi connectivity index (χ0) is 12.6. The highest BCUT2D eigenvalue weighted by Gasteiger charge is 2.13. The van der Waals surface area contributed by atoms with E-state index in [9.17, 15) is 13.2 Å². The molecule has 0 radical (unpaired) electrons. The first-order valence-corrected chi connectivity index (χ1v) is 6.66. The molecule has 7 nitrogen and oxygen atoms in total. The van der Waals surface area contributed by atoms with Gasteiger partial charge < -0.3 is 16.8 Å². The van der Waals surface area contributed by atoms with E-state index >= 15 is 0 Å². The van der Waals surface area contributed by atoms with Crippen molar-refractivity contribution >= 4 is 28.4 Å². The van der Waals surface area contributed by atoms with Crippen LogP contribution in [-0.4, -0.2) is 43.8 Å². The van der Waals surface area contributed by atoms with Crippen molar-refractivity contribution in [3.63, 3.8) is 0 Å². The first-order chi connectivity index (χ1) is 7.37. The van der Waals surface area contributed by atoms with Crippen LogP contribution in [0.5, 0.6) is 0 Å². The topological polar surface area (TPSA) is 136 Å². The van der Waals surface area contributed by atoms with Crippen molar-refractivity contribution in [1.82, 2.24) is 5.32 Å². The van der Waals surface area contributed by atoms with Gasteiger partial charge in [0.25, 0.3) is 10.1 Å². The molecule has 9 heteroatoms. The number of hydrogen-bond donors (Lipinski definition) is 4. The van der Waals surface area contributed by atoms with Gasteiger partial charge >= 0.3 is 0 Å². The lowest BCUT2D eigenvalue weighted by atomic mass is 10.1. The molecule has 0 saturated heterocycles. The summed E-state index contributed by atoms with van der Waals surface area (Å²) < 4.78 is 29.1. The van der Waals surface area contributed by atoms with Gasteiger partial charge in [-0.1, -0.05) is 6.42 Å². The minimum Gasteiger partial charge on any atom is -0.354 e. The second-order valence-corrected chi connectivity index (χ2v) is 5.04. The van der Waals surface area contributed by atoms with Crippen molar-refractivity contribution in [2.24, 2.45) is 11.5 Å². The Morgan fingerprint density at radius 1 is 1.35 bits per heavy atom. The molecule has 0 heterocycles. The molecule has 1 amide bonds. The number of carbonyl (C=O) groups is 1. The van der Waals surface area contributed by atoms with Crippen molar-refractivity contribution < 1.29 is 17.8 Å². The van der Waals surface area contributed by atoms with E-state index in [0.717, 1.165) is 12.8 Å². The summed E-state index contributed by atoms with van der Waals surface area (Å²) in [7, 11) is -4.04. The highest BCUT2D eigenvalue weighted by atomic mass is 35.5. The molecule has 0 aliphatic carbocycles. The zero-order valence-electron chi connectivity index (χ0n) is 9.46. The molecule has 0 aromatic rings. The quantitative estimate of drug-likeness (QED) is 0.330. The Morgan fingerprint density at radius 2 is 1.94 bits per heavy atom. The summed E-state index contributed by atoms with van der Waals surface area (Å²) >= 11 is 0. The van der Waals surface area contributed by atoms with E-state index in [4.69, 9.17) is 16.0 Å². The molecule has 0 bridgehead atoms. The Balaban J connectivity index is 0. The molecule has 0 fully saturated rings. The monoisotopic (exact) mass is 289 g/mol. The van der Waals surface area contributed by atoms with Crippen LogP contribution in [0.4, 0.5) is 0 Å². The molecule has 0 aromatic heterocycles. The van der Waals surface area contributed by atoms with Crippen LogP contribution in [0.15, 0.2) is 0 Å². The normalized spacial score (nSPS) is 12.6. The molecule has 104 valence electrons. The molecule has 0 saturated carbocycles. The highest BCUT2D eigenvalue weighted by molar-refractivity contribution is 7.85. The predicted molar refractivity (Wildman–Crippen MR) is 67.6 cm³/mol. The predicted octanol–water partition coefficient (Wildman–Crippen LogP) is -1.13. The lowest BCUT2D eigenvalue weighted by Crippen LogP contribution is -2.42. The molecule has 1 atom stereocenters. The molecular formula is C8H20ClN3O4S. The Hall–Kier alpha value is -0.410.